The molecule has 0 saturated carbocycles. The van der Waals surface area contributed by atoms with Gasteiger partial charge in [0, 0.05) is 56.4 Å². The molecule has 4 heterocycles. The van der Waals surface area contributed by atoms with E-state index >= 15 is 0 Å². The topological polar surface area (TPSA) is 106 Å². The van der Waals surface area contributed by atoms with Crippen molar-refractivity contribution in [1.82, 2.24) is 25.0 Å². The first kappa shape index (κ1) is 28.7. The van der Waals surface area contributed by atoms with E-state index in [4.69, 9.17) is 0 Å². The number of likely N-dealkylation sites (N-methyl/N-ethyl adjacent to an activating group) is 1. The summed E-state index contributed by atoms with van der Waals surface area (Å²) in [7, 11) is 2.12. The number of carbonyl (C=O) groups is 4. The highest BCUT2D eigenvalue weighted by atomic mass is 16.2. The average Bonchev–Trinajstić information content (AvgIpc) is 3.54. The van der Waals surface area contributed by atoms with Gasteiger partial charge in [-0.05, 0) is 61.7 Å². The Balaban J connectivity index is 1.24. The first-order valence-electron chi connectivity index (χ1n) is 14.6. The van der Waals surface area contributed by atoms with Crippen molar-refractivity contribution in [2.24, 2.45) is 5.92 Å². The van der Waals surface area contributed by atoms with Gasteiger partial charge in [0.05, 0.1) is 19.0 Å². The summed E-state index contributed by atoms with van der Waals surface area (Å²) < 4.78 is 0. The predicted molar refractivity (Wildman–Crippen MR) is 155 cm³/mol. The molecule has 2 aromatic rings. The van der Waals surface area contributed by atoms with Gasteiger partial charge in [0.25, 0.3) is 5.91 Å². The number of Topliss-reactive ketones (excluding diaryl/α,β-unsaturated/α-hetero) is 1. The van der Waals surface area contributed by atoms with Crippen molar-refractivity contribution < 1.29 is 19.2 Å². The summed E-state index contributed by atoms with van der Waals surface area (Å²) >= 11 is 0. The van der Waals surface area contributed by atoms with E-state index in [1.54, 1.807) is 40.4 Å². The van der Waals surface area contributed by atoms with Crippen molar-refractivity contribution >= 4 is 29.2 Å². The molecule has 3 aliphatic rings. The fraction of sp³-hybridized carbons (Fsp3) is 0.516. The summed E-state index contributed by atoms with van der Waals surface area (Å²) in [4.78, 5) is 65.2. The Morgan fingerprint density at radius 3 is 2.39 bits per heavy atom. The van der Waals surface area contributed by atoms with Gasteiger partial charge in [-0.2, -0.15) is 0 Å². The molecule has 10 heteroatoms. The normalized spacial score (nSPS) is 21.8. The van der Waals surface area contributed by atoms with Crippen LogP contribution >= 0.6 is 0 Å². The van der Waals surface area contributed by atoms with Crippen LogP contribution in [0, 0.1) is 5.92 Å². The van der Waals surface area contributed by atoms with Crippen molar-refractivity contribution in [3.63, 3.8) is 0 Å². The Kier molecular flexibility index (Phi) is 8.68. The Labute approximate surface area is 241 Å². The van der Waals surface area contributed by atoms with Crippen molar-refractivity contribution in [3.05, 3.63) is 59.9 Å². The first-order chi connectivity index (χ1) is 19.7. The molecule has 3 amide bonds. The molecule has 218 valence electrons. The molecule has 1 aromatic carbocycles. The molecule has 3 fully saturated rings. The molecule has 41 heavy (non-hydrogen) atoms. The number of ketones is 1. The molecule has 3 atom stereocenters. The maximum absolute atomic E-state index is 13.8. The summed E-state index contributed by atoms with van der Waals surface area (Å²) in [6.45, 7) is 8.26. The van der Waals surface area contributed by atoms with Crippen LogP contribution < -0.4 is 10.2 Å². The van der Waals surface area contributed by atoms with Crippen LogP contribution in [0.4, 0.5) is 5.69 Å². The number of likely N-dealkylation sites (tertiary alicyclic amines) is 2. The Hall–Kier alpha value is -3.79. The van der Waals surface area contributed by atoms with E-state index in [0.717, 1.165) is 37.4 Å². The second kappa shape index (κ2) is 12.4. The van der Waals surface area contributed by atoms with Crippen molar-refractivity contribution in [1.29, 1.82) is 0 Å². The lowest BCUT2D eigenvalue weighted by atomic mass is 10.0. The standard InChI is InChI=1S/C31H40N6O4/c1-21(2)17-25(33-30(40)23-6-8-24(9-7-23)35-15-13-34(3)14-16-35)31(41)36-12-10-26-29(36)27(38)20-37(26)28(39)18-22-5-4-11-32-19-22/h4-9,11,19,21,25-26,29H,10,12-18,20H2,1-3H3,(H,33,40). The maximum atomic E-state index is 13.8. The van der Waals surface area contributed by atoms with Gasteiger partial charge in [-0.1, -0.05) is 19.9 Å². The number of rotatable bonds is 8. The van der Waals surface area contributed by atoms with Gasteiger partial charge < -0.3 is 24.9 Å². The number of hydrogen-bond donors (Lipinski definition) is 1. The van der Waals surface area contributed by atoms with Crippen LogP contribution in [0.15, 0.2) is 48.8 Å². The summed E-state index contributed by atoms with van der Waals surface area (Å²) in [5.74, 6) is -0.687. The van der Waals surface area contributed by atoms with E-state index in [1.807, 2.05) is 32.0 Å². The van der Waals surface area contributed by atoms with E-state index in [1.165, 1.54) is 0 Å². The zero-order valence-corrected chi connectivity index (χ0v) is 24.2. The third kappa shape index (κ3) is 6.43. The van der Waals surface area contributed by atoms with Crippen LogP contribution in [-0.4, -0.2) is 108 Å². The van der Waals surface area contributed by atoms with Crippen LogP contribution in [-0.2, 0) is 20.8 Å². The molecule has 3 saturated heterocycles. The highest BCUT2D eigenvalue weighted by molar-refractivity contribution is 6.01. The highest BCUT2D eigenvalue weighted by Gasteiger charge is 2.52. The van der Waals surface area contributed by atoms with E-state index in [9.17, 15) is 19.2 Å². The number of anilines is 1. The summed E-state index contributed by atoms with van der Waals surface area (Å²) in [5.41, 5.74) is 2.36. The number of hydrogen-bond acceptors (Lipinski definition) is 7. The number of amides is 3. The van der Waals surface area contributed by atoms with Gasteiger partial charge in [0.15, 0.2) is 5.78 Å². The number of nitrogens with zero attached hydrogens (tertiary/aromatic N) is 5. The molecular formula is C31H40N6O4. The monoisotopic (exact) mass is 560 g/mol. The Morgan fingerprint density at radius 2 is 1.73 bits per heavy atom. The van der Waals surface area contributed by atoms with Crippen LogP contribution in [0.5, 0.6) is 0 Å². The van der Waals surface area contributed by atoms with Crippen LogP contribution in [0.1, 0.15) is 42.6 Å². The van der Waals surface area contributed by atoms with E-state index in [0.29, 0.717) is 24.9 Å². The number of nitrogens with one attached hydrogen (secondary N) is 1. The summed E-state index contributed by atoms with van der Waals surface area (Å²) in [6.07, 6.45) is 4.46. The van der Waals surface area contributed by atoms with Gasteiger partial charge in [-0.15, -0.1) is 0 Å². The van der Waals surface area contributed by atoms with Crippen molar-refractivity contribution in [2.45, 2.75) is 51.2 Å². The van der Waals surface area contributed by atoms with Crippen molar-refractivity contribution in [3.8, 4) is 0 Å². The minimum atomic E-state index is -0.758. The first-order valence-corrected chi connectivity index (χ1v) is 14.6. The minimum absolute atomic E-state index is 0.000924. The van der Waals surface area contributed by atoms with Crippen molar-refractivity contribution in [2.75, 3.05) is 51.2 Å². The molecule has 0 bridgehead atoms. The second-order valence-corrected chi connectivity index (χ2v) is 11.9. The zero-order valence-electron chi connectivity index (χ0n) is 24.2. The van der Waals surface area contributed by atoms with Crippen LogP contribution in [0.2, 0.25) is 0 Å². The molecule has 5 rings (SSSR count). The van der Waals surface area contributed by atoms with Gasteiger partial charge in [-0.25, -0.2) is 0 Å². The molecule has 0 radical (unpaired) electrons. The fourth-order valence-electron chi connectivity index (χ4n) is 6.19. The molecule has 1 N–H and O–H groups in total. The number of fused-ring (bicyclic) bond motifs is 1. The number of piperazine rings is 1. The van der Waals surface area contributed by atoms with Gasteiger partial charge in [-0.3, -0.25) is 24.2 Å². The summed E-state index contributed by atoms with van der Waals surface area (Å²) in [5, 5.41) is 2.96. The second-order valence-electron chi connectivity index (χ2n) is 11.9. The lowest BCUT2D eigenvalue weighted by Gasteiger charge is -2.34. The minimum Gasteiger partial charge on any atom is -0.369 e. The predicted octanol–water partition coefficient (Wildman–Crippen LogP) is 1.60. The average molecular weight is 561 g/mol. The lowest BCUT2D eigenvalue weighted by molar-refractivity contribution is -0.138. The number of carbonyl (C=O) groups excluding carboxylic acids is 4. The number of benzene rings is 1. The van der Waals surface area contributed by atoms with Crippen LogP contribution in [0.3, 0.4) is 0 Å². The molecule has 0 aliphatic carbocycles. The van der Waals surface area contributed by atoms with Crippen LogP contribution in [0.25, 0.3) is 0 Å². The SMILES string of the molecule is CC(C)CC(NC(=O)c1ccc(N2CCN(C)CC2)cc1)C(=O)N1CCC2C1C(=O)CN2C(=O)Cc1cccnc1. The van der Waals surface area contributed by atoms with E-state index in [-0.39, 0.29) is 48.4 Å². The third-order valence-electron chi connectivity index (χ3n) is 8.41. The lowest BCUT2D eigenvalue weighted by Crippen LogP contribution is -2.53. The van der Waals surface area contributed by atoms with Gasteiger partial charge in [0.2, 0.25) is 11.8 Å². The molecule has 10 nitrogen and oxygen atoms in total. The largest absolute Gasteiger partial charge is 0.369 e. The van der Waals surface area contributed by atoms with E-state index in [2.05, 4.69) is 27.1 Å². The molecular weight excluding hydrogens is 520 g/mol. The number of aromatic nitrogens is 1. The quantitative estimate of drug-likeness (QED) is 0.523. The van der Waals surface area contributed by atoms with Gasteiger partial charge in [0.1, 0.15) is 12.1 Å². The molecule has 0 spiro atoms. The third-order valence-corrected chi connectivity index (χ3v) is 8.41. The Bertz CT molecular complexity index is 1260. The summed E-state index contributed by atoms with van der Waals surface area (Å²) in [6, 6.07) is 9.37. The highest BCUT2D eigenvalue weighted by Crippen LogP contribution is 2.31. The molecule has 3 unspecified atom stereocenters. The fourth-order valence-corrected chi connectivity index (χ4v) is 6.19. The van der Waals surface area contributed by atoms with Gasteiger partial charge >= 0.3 is 0 Å². The smallest absolute Gasteiger partial charge is 0.251 e. The maximum Gasteiger partial charge on any atom is 0.251 e. The zero-order chi connectivity index (χ0) is 29.1. The molecule has 1 aromatic heterocycles. The Morgan fingerprint density at radius 1 is 1.00 bits per heavy atom. The van der Waals surface area contributed by atoms with E-state index < -0.39 is 12.1 Å². The number of pyridine rings is 1. The molecule has 3 aliphatic heterocycles.